The van der Waals surface area contributed by atoms with Crippen LogP contribution in [0.15, 0.2) is 24.3 Å². The van der Waals surface area contributed by atoms with E-state index in [9.17, 15) is 9.90 Å². The Morgan fingerprint density at radius 3 is 2.69 bits per heavy atom. The second kappa shape index (κ2) is 6.16. The largest absolute Gasteiger partial charge is 0.508 e. The van der Waals surface area contributed by atoms with E-state index in [0.717, 1.165) is 19.4 Å². The van der Waals surface area contributed by atoms with Crippen molar-refractivity contribution in [1.29, 1.82) is 0 Å². The average molecular weight is 221 g/mol. The first-order valence-corrected chi connectivity index (χ1v) is 5.66. The van der Waals surface area contributed by atoms with Gasteiger partial charge < -0.3 is 10.0 Å². The third-order valence-corrected chi connectivity index (χ3v) is 2.61. The van der Waals surface area contributed by atoms with E-state index < -0.39 is 0 Å². The second-order valence-electron chi connectivity index (χ2n) is 3.97. The number of carbonyl (C=O) groups is 1. The minimum absolute atomic E-state index is 0.0509. The van der Waals surface area contributed by atoms with Crippen molar-refractivity contribution < 1.29 is 9.90 Å². The number of nitrogens with zero attached hydrogens (tertiary/aromatic N) is 1. The van der Waals surface area contributed by atoms with Gasteiger partial charge in [0.2, 0.25) is 5.91 Å². The summed E-state index contributed by atoms with van der Waals surface area (Å²) in [5.41, 5.74) is 0.691. The molecule has 1 amide bonds. The summed E-state index contributed by atoms with van der Waals surface area (Å²) in [7, 11) is 1.80. The molecule has 0 atom stereocenters. The zero-order valence-electron chi connectivity index (χ0n) is 9.94. The van der Waals surface area contributed by atoms with Gasteiger partial charge in [-0.05, 0) is 12.5 Å². The molecule has 0 aromatic heterocycles. The monoisotopic (exact) mass is 221 g/mol. The highest BCUT2D eigenvalue weighted by molar-refractivity contribution is 5.79. The van der Waals surface area contributed by atoms with Gasteiger partial charge in [-0.15, -0.1) is 0 Å². The van der Waals surface area contributed by atoms with Crippen LogP contribution in [0.1, 0.15) is 25.3 Å². The van der Waals surface area contributed by atoms with Gasteiger partial charge in [0.25, 0.3) is 0 Å². The van der Waals surface area contributed by atoms with Gasteiger partial charge in [0.05, 0.1) is 6.42 Å². The van der Waals surface area contributed by atoms with Crippen LogP contribution in [-0.2, 0) is 11.2 Å². The quantitative estimate of drug-likeness (QED) is 0.828. The van der Waals surface area contributed by atoms with Crippen molar-refractivity contribution in [3.8, 4) is 5.75 Å². The van der Waals surface area contributed by atoms with Crippen LogP contribution in [0.25, 0.3) is 0 Å². The number of phenols is 1. The topological polar surface area (TPSA) is 40.5 Å². The van der Waals surface area contributed by atoms with Gasteiger partial charge >= 0.3 is 0 Å². The van der Waals surface area contributed by atoms with Crippen molar-refractivity contribution >= 4 is 5.91 Å². The Morgan fingerprint density at radius 1 is 1.38 bits per heavy atom. The third-order valence-electron chi connectivity index (χ3n) is 2.61. The van der Waals surface area contributed by atoms with E-state index in [1.165, 1.54) is 0 Å². The lowest BCUT2D eigenvalue weighted by Crippen LogP contribution is -2.29. The maximum atomic E-state index is 11.8. The molecule has 1 N–H and O–H groups in total. The van der Waals surface area contributed by atoms with Crippen LogP contribution in [-0.4, -0.2) is 29.5 Å². The maximum Gasteiger partial charge on any atom is 0.226 e. The Hall–Kier alpha value is -1.51. The first kappa shape index (κ1) is 12.6. The molecule has 1 aromatic rings. The summed E-state index contributed by atoms with van der Waals surface area (Å²) >= 11 is 0. The molecule has 0 unspecified atom stereocenters. The van der Waals surface area contributed by atoms with Gasteiger partial charge in [-0.1, -0.05) is 31.5 Å². The Bertz CT molecular complexity index is 350. The predicted molar refractivity (Wildman–Crippen MR) is 64.4 cm³/mol. The molecule has 0 aliphatic carbocycles. The van der Waals surface area contributed by atoms with E-state index in [1.54, 1.807) is 30.1 Å². The van der Waals surface area contributed by atoms with Crippen LogP contribution in [0.3, 0.4) is 0 Å². The Kier molecular flexibility index (Phi) is 4.83. The van der Waals surface area contributed by atoms with Gasteiger partial charge in [0.1, 0.15) is 5.75 Å². The molecule has 3 heteroatoms. The van der Waals surface area contributed by atoms with E-state index in [4.69, 9.17) is 0 Å². The number of amides is 1. The third kappa shape index (κ3) is 3.57. The second-order valence-corrected chi connectivity index (χ2v) is 3.97. The summed E-state index contributed by atoms with van der Waals surface area (Å²) in [5.74, 6) is 0.245. The first-order valence-electron chi connectivity index (χ1n) is 5.66. The number of unbranched alkanes of at least 4 members (excludes halogenated alkanes) is 1. The lowest BCUT2D eigenvalue weighted by molar-refractivity contribution is -0.129. The van der Waals surface area contributed by atoms with E-state index in [-0.39, 0.29) is 18.1 Å². The number of benzene rings is 1. The Labute approximate surface area is 96.7 Å². The summed E-state index contributed by atoms with van der Waals surface area (Å²) in [6, 6.07) is 6.97. The molecule has 1 rings (SSSR count). The maximum absolute atomic E-state index is 11.8. The van der Waals surface area contributed by atoms with Crippen molar-refractivity contribution in [2.24, 2.45) is 0 Å². The molecule has 0 aliphatic heterocycles. The van der Waals surface area contributed by atoms with Gasteiger partial charge in [0.15, 0.2) is 0 Å². The minimum Gasteiger partial charge on any atom is -0.508 e. The Morgan fingerprint density at radius 2 is 2.06 bits per heavy atom. The van der Waals surface area contributed by atoms with Crippen LogP contribution >= 0.6 is 0 Å². The number of phenolic OH excluding ortho intramolecular Hbond substituents is 1. The van der Waals surface area contributed by atoms with E-state index in [1.807, 2.05) is 6.07 Å². The van der Waals surface area contributed by atoms with Gasteiger partial charge in [-0.3, -0.25) is 4.79 Å². The average Bonchev–Trinajstić information content (AvgIpc) is 2.28. The lowest BCUT2D eigenvalue weighted by Gasteiger charge is -2.16. The van der Waals surface area contributed by atoms with Crippen molar-refractivity contribution in [3.63, 3.8) is 0 Å². The molecule has 0 radical (unpaired) electrons. The molecule has 0 saturated heterocycles. The van der Waals surface area contributed by atoms with Crippen molar-refractivity contribution in [2.45, 2.75) is 26.2 Å². The van der Waals surface area contributed by atoms with Crippen LogP contribution in [0, 0.1) is 0 Å². The zero-order valence-corrected chi connectivity index (χ0v) is 9.94. The highest BCUT2D eigenvalue weighted by Crippen LogP contribution is 2.16. The summed E-state index contributed by atoms with van der Waals surface area (Å²) in [6.45, 7) is 2.88. The SMILES string of the molecule is CCCCN(C)C(=O)Cc1ccccc1O. The number of carbonyl (C=O) groups excluding carboxylic acids is 1. The normalized spacial score (nSPS) is 10.1. The first-order chi connectivity index (χ1) is 7.65. The molecule has 3 nitrogen and oxygen atoms in total. The molecular formula is C13H19NO2. The fourth-order valence-corrected chi connectivity index (χ4v) is 1.48. The standard InChI is InChI=1S/C13H19NO2/c1-3-4-9-14(2)13(16)10-11-7-5-6-8-12(11)15/h5-8,15H,3-4,9-10H2,1-2H3. The minimum atomic E-state index is 0.0509. The molecule has 88 valence electrons. The zero-order chi connectivity index (χ0) is 12.0. The molecule has 0 aliphatic rings. The van der Waals surface area contributed by atoms with Crippen LogP contribution < -0.4 is 0 Å². The number of rotatable bonds is 5. The molecule has 0 saturated carbocycles. The molecule has 0 fully saturated rings. The van der Waals surface area contributed by atoms with Crippen molar-refractivity contribution in [1.82, 2.24) is 4.90 Å². The number of aromatic hydroxyl groups is 1. The van der Waals surface area contributed by atoms with E-state index in [0.29, 0.717) is 5.56 Å². The number of hydrogen-bond acceptors (Lipinski definition) is 2. The molecule has 0 bridgehead atoms. The molecule has 16 heavy (non-hydrogen) atoms. The molecule has 1 aromatic carbocycles. The van der Waals surface area contributed by atoms with Gasteiger partial charge in [-0.2, -0.15) is 0 Å². The molecule has 0 heterocycles. The highest BCUT2D eigenvalue weighted by atomic mass is 16.3. The number of hydrogen-bond donors (Lipinski definition) is 1. The van der Waals surface area contributed by atoms with Crippen molar-refractivity contribution in [2.75, 3.05) is 13.6 Å². The van der Waals surface area contributed by atoms with Crippen LogP contribution in [0.2, 0.25) is 0 Å². The van der Waals surface area contributed by atoms with Crippen molar-refractivity contribution in [3.05, 3.63) is 29.8 Å². The highest BCUT2D eigenvalue weighted by Gasteiger charge is 2.10. The summed E-state index contributed by atoms with van der Waals surface area (Å²) < 4.78 is 0. The van der Waals surface area contributed by atoms with Crippen LogP contribution in [0.5, 0.6) is 5.75 Å². The smallest absolute Gasteiger partial charge is 0.226 e. The number of para-hydroxylation sites is 1. The fourth-order valence-electron chi connectivity index (χ4n) is 1.48. The summed E-state index contributed by atoms with van der Waals surface area (Å²) in [5, 5.41) is 9.55. The summed E-state index contributed by atoms with van der Waals surface area (Å²) in [6.07, 6.45) is 2.37. The van der Waals surface area contributed by atoms with E-state index >= 15 is 0 Å². The van der Waals surface area contributed by atoms with Gasteiger partial charge in [-0.25, -0.2) is 0 Å². The molecular weight excluding hydrogens is 202 g/mol. The predicted octanol–water partition coefficient (Wildman–Crippen LogP) is 2.19. The van der Waals surface area contributed by atoms with Crippen LogP contribution in [0.4, 0.5) is 0 Å². The van der Waals surface area contributed by atoms with E-state index in [2.05, 4.69) is 6.92 Å². The Balaban J connectivity index is 2.54. The lowest BCUT2D eigenvalue weighted by atomic mass is 10.1. The fraction of sp³-hybridized carbons (Fsp3) is 0.462. The number of likely N-dealkylation sites (N-methyl/N-ethyl adjacent to an activating group) is 1. The summed E-state index contributed by atoms with van der Waals surface area (Å²) in [4.78, 5) is 13.5. The van der Waals surface area contributed by atoms with Gasteiger partial charge in [0, 0.05) is 19.2 Å². The molecule has 0 spiro atoms.